The van der Waals surface area contributed by atoms with Gasteiger partial charge in [0.15, 0.2) is 0 Å². The van der Waals surface area contributed by atoms with Gasteiger partial charge in [-0.15, -0.1) is 11.3 Å². The third kappa shape index (κ3) is 5.12. The monoisotopic (exact) mass is 713 g/mol. The zero-order chi connectivity index (χ0) is 35.6. The van der Waals surface area contributed by atoms with E-state index in [0.29, 0.717) is 0 Å². The molecular weight excluding hydrogens is 679 g/mol. The van der Waals surface area contributed by atoms with Gasteiger partial charge in [-0.25, -0.2) is 4.99 Å². The standard InChI is InChI=1S/C49H35N3OS/c1-3-13-32(14-4-1)47-50-48(33-15-5-2-6-16-33)52-49(51-47)34-26-24-31(25-27-34)36-18-9-21-39-40-22-10-20-38(46(40)54-45(36)39)37-19-11-23-41-44(37)43-35-17-8-7-12-30(35)28-29-42(43)53-41/h1-24,26-29,31,47,49,51H,25H2,(H,50,52). The second-order valence-corrected chi connectivity index (χ2v) is 15.3. The number of allylic oxidation sites excluding steroid dienone is 2. The van der Waals surface area contributed by atoms with Gasteiger partial charge in [-0.2, -0.15) is 0 Å². The average Bonchev–Trinajstić information content (AvgIpc) is 3.84. The number of nitrogens with zero attached hydrogens (tertiary/aromatic N) is 1. The highest BCUT2D eigenvalue weighted by Crippen LogP contribution is 2.47. The predicted molar refractivity (Wildman–Crippen MR) is 226 cm³/mol. The molecule has 3 heterocycles. The number of rotatable bonds is 5. The van der Waals surface area contributed by atoms with Crippen LogP contribution in [-0.2, 0) is 0 Å². The number of hydrogen-bond donors (Lipinski definition) is 2. The molecule has 2 N–H and O–H groups in total. The van der Waals surface area contributed by atoms with Crippen LogP contribution in [0, 0.1) is 0 Å². The Labute approximate surface area is 316 Å². The summed E-state index contributed by atoms with van der Waals surface area (Å²) >= 11 is 1.92. The van der Waals surface area contributed by atoms with E-state index in [1.54, 1.807) is 0 Å². The molecule has 0 spiro atoms. The minimum absolute atomic E-state index is 0.0679. The van der Waals surface area contributed by atoms with E-state index in [1.807, 2.05) is 17.4 Å². The Morgan fingerprint density at radius 1 is 0.611 bits per heavy atom. The molecule has 1 aliphatic heterocycles. The maximum atomic E-state index is 6.48. The smallest absolute Gasteiger partial charge is 0.136 e. The molecule has 0 amide bonds. The summed E-state index contributed by atoms with van der Waals surface area (Å²) in [6, 6.07) is 53.9. The number of amidine groups is 1. The highest BCUT2D eigenvalue weighted by atomic mass is 32.1. The molecule has 11 rings (SSSR count). The molecule has 1 aliphatic carbocycles. The van der Waals surface area contributed by atoms with Gasteiger partial charge >= 0.3 is 0 Å². The zero-order valence-electron chi connectivity index (χ0n) is 29.4. The largest absolute Gasteiger partial charge is 0.456 e. The normalized spacial score (nSPS) is 18.7. The number of fused-ring (bicyclic) bond motifs is 8. The van der Waals surface area contributed by atoms with Crippen LogP contribution in [-0.4, -0.2) is 12.0 Å². The summed E-state index contributed by atoms with van der Waals surface area (Å²) in [7, 11) is 0. The van der Waals surface area contributed by atoms with E-state index in [4.69, 9.17) is 9.41 Å². The molecule has 0 radical (unpaired) electrons. The van der Waals surface area contributed by atoms with Crippen molar-refractivity contribution < 1.29 is 4.42 Å². The minimum atomic E-state index is -0.147. The summed E-state index contributed by atoms with van der Waals surface area (Å²) in [5.74, 6) is 1.18. The first kappa shape index (κ1) is 31.3. The van der Waals surface area contributed by atoms with E-state index in [0.717, 1.165) is 34.5 Å². The molecule has 2 aliphatic rings. The average molecular weight is 714 g/mol. The van der Waals surface area contributed by atoms with Gasteiger partial charge in [0, 0.05) is 48.0 Å². The molecule has 0 fully saturated rings. The van der Waals surface area contributed by atoms with Crippen molar-refractivity contribution in [1.29, 1.82) is 0 Å². The summed E-state index contributed by atoms with van der Waals surface area (Å²) in [5, 5.41) is 14.9. The maximum Gasteiger partial charge on any atom is 0.136 e. The third-order valence-electron chi connectivity index (χ3n) is 11.1. The van der Waals surface area contributed by atoms with Crippen molar-refractivity contribution in [3.8, 4) is 11.1 Å². The number of benzene rings is 7. The van der Waals surface area contributed by atoms with Crippen LogP contribution in [0.4, 0.5) is 0 Å². The van der Waals surface area contributed by atoms with Gasteiger partial charge in [0.25, 0.3) is 0 Å². The van der Waals surface area contributed by atoms with Crippen molar-refractivity contribution >= 4 is 70.1 Å². The summed E-state index contributed by atoms with van der Waals surface area (Å²) in [5.41, 5.74) is 9.16. The molecule has 9 aromatic rings. The van der Waals surface area contributed by atoms with Crippen LogP contribution in [0.15, 0.2) is 185 Å². The van der Waals surface area contributed by atoms with Crippen LogP contribution in [0.1, 0.15) is 35.2 Å². The first-order chi connectivity index (χ1) is 26.8. The maximum absolute atomic E-state index is 6.48. The molecule has 7 aromatic carbocycles. The van der Waals surface area contributed by atoms with Gasteiger partial charge in [0.2, 0.25) is 0 Å². The summed E-state index contributed by atoms with van der Waals surface area (Å²) < 4.78 is 9.15. The summed E-state index contributed by atoms with van der Waals surface area (Å²) in [4.78, 5) is 5.09. The van der Waals surface area contributed by atoms with E-state index >= 15 is 0 Å². The van der Waals surface area contributed by atoms with Crippen LogP contribution < -0.4 is 10.6 Å². The summed E-state index contributed by atoms with van der Waals surface area (Å²) in [6.45, 7) is 0. The van der Waals surface area contributed by atoms with Crippen LogP contribution in [0.3, 0.4) is 0 Å². The first-order valence-corrected chi connectivity index (χ1v) is 19.4. The second kappa shape index (κ2) is 12.7. The van der Waals surface area contributed by atoms with E-state index in [2.05, 4.69) is 174 Å². The number of nitrogens with one attached hydrogen (secondary N) is 2. The van der Waals surface area contributed by atoms with Crippen molar-refractivity contribution in [2.75, 3.05) is 0 Å². The topological polar surface area (TPSA) is 49.6 Å². The van der Waals surface area contributed by atoms with Crippen molar-refractivity contribution in [2.24, 2.45) is 4.99 Å². The zero-order valence-corrected chi connectivity index (χ0v) is 30.2. The molecule has 0 bridgehead atoms. The molecular formula is C49H35N3OS. The lowest BCUT2D eigenvalue weighted by Crippen LogP contribution is -2.52. The Hall–Kier alpha value is -6.27. The second-order valence-electron chi connectivity index (χ2n) is 14.3. The Morgan fingerprint density at radius 2 is 1.33 bits per heavy atom. The lowest BCUT2D eigenvalue weighted by atomic mass is 9.88. The van der Waals surface area contributed by atoms with Crippen LogP contribution >= 0.6 is 11.3 Å². The van der Waals surface area contributed by atoms with Gasteiger partial charge in [0.1, 0.15) is 29.3 Å². The SMILES string of the molecule is C1=CC(c2cccc3c2sc2c(-c4cccc5oc6ccc7ccccc7c6c45)cccc23)CC=C1C1NC(c2ccccc2)=NC(c2ccccc2)N1. The molecule has 258 valence electrons. The van der Waals surface area contributed by atoms with Crippen LogP contribution in [0.25, 0.3) is 64.0 Å². The molecule has 4 nitrogen and oxygen atoms in total. The number of furan rings is 1. The van der Waals surface area contributed by atoms with Gasteiger partial charge in [-0.1, -0.05) is 158 Å². The number of thiophene rings is 1. The minimum Gasteiger partial charge on any atom is -0.456 e. The van der Waals surface area contributed by atoms with Crippen molar-refractivity contribution in [2.45, 2.75) is 24.7 Å². The Kier molecular flexibility index (Phi) is 7.35. The van der Waals surface area contributed by atoms with Crippen LogP contribution in [0.5, 0.6) is 0 Å². The molecule has 0 saturated heterocycles. The third-order valence-corrected chi connectivity index (χ3v) is 12.4. The number of hydrogen-bond acceptors (Lipinski definition) is 5. The lowest BCUT2D eigenvalue weighted by Gasteiger charge is -2.33. The summed E-state index contributed by atoms with van der Waals surface area (Å²) in [6.07, 6.45) is 7.81. The van der Waals surface area contributed by atoms with Gasteiger partial charge in [-0.3, -0.25) is 5.32 Å². The van der Waals surface area contributed by atoms with Gasteiger partial charge < -0.3 is 9.73 Å². The molecule has 0 saturated carbocycles. The fourth-order valence-electron chi connectivity index (χ4n) is 8.52. The lowest BCUT2D eigenvalue weighted by molar-refractivity contribution is 0.440. The van der Waals surface area contributed by atoms with Gasteiger partial charge in [-0.05, 0) is 51.6 Å². The van der Waals surface area contributed by atoms with E-state index in [1.165, 1.54) is 64.0 Å². The Morgan fingerprint density at radius 3 is 2.19 bits per heavy atom. The fraction of sp³-hybridized carbons (Fsp3) is 0.0816. The molecule has 5 heteroatoms. The Bertz CT molecular complexity index is 2990. The van der Waals surface area contributed by atoms with E-state index < -0.39 is 0 Å². The van der Waals surface area contributed by atoms with Crippen molar-refractivity contribution in [3.05, 3.63) is 192 Å². The Balaban J connectivity index is 0.963. The molecule has 3 atom stereocenters. The van der Waals surface area contributed by atoms with Crippen LogP contribution in [0.2, 0.25) is 0 Å². The van der Waals surface area contributed by atoms with Crippen molar-refractivity contribution in [3.63, 3.8) is 0 Å². The fourth-order valence-corrected chi connectivity index (χ4v) is 9.92. The van der Waals surface area contributed by atoms with Crippen molar-refractivity contribution in [1.82, 2.24) is 10.6 Å². The highest BCUT2D eigenvalue weighted by molar-refractivity contribution is 7.26. The number of aliphatic imine (C=N–C) groups is 1. The highest BCUT2D eigenvalue weighted by Gasteiger charge is 2.28. The first-order valence-electron chi connectivity index (χ1n) is 18.6. The predicted octanol–water partition coefficient (Wildman–Crippen LogP) is 12.4. The van der Waals surface area contributed by atoms with E-state index in [9.17, 15) is 0 Å². The molecule has 3 unspecified atom stereocenters. The quantitative estimate of drug-likeness (QED) is 0.187. The molecule has 54 heavy (non-hydrogen) atoms. The van der Waals surface area contributed by atoms with E-state index in [-0.39, 0.29) is 18.2 Å². The molecule has 2 aromatic heterocycles. The van der Waals surface area contributed by atoms with Gasteiger partial charge in [0.05, 0.1) is 0 Å².